The molecule has 2 rings (SSSR count). The van der Waals surface area contributed by atoms with E-state index in [0.717, 1.165) is 6.42 Å². The summed E-state index contributed by atoms with van der Waals surface area (Å²) in [6.45, 7) is 8.78. The third-order valence-electron chi connectivity index (χ3n) is 4.29. The Morgan fingerprint density at radius 3 is 2.70 bits per heavy atom. The summed E-state index contributed by atoms with van der Waals surface area (Å²) in [5.41, 5.74) is -0.375. The van der Waals surface area contributed by atoms with Crippen molar-refractivity contribution in [3.05, 3.63) is 11.7 Å². The number of hydrogen-bond acceptors (Lipinski definition) is 5. The summed E-state index contributed by atoms with van der Waals surface area (Å²) in [5.74, 6) is 1.11. The normalized spacial score (nSPS) is 23.4. The zero-order valence-corrected chi connectivity index (χ0v) is 12.6. The Morgan fingerprint density at radius 1 is 1.50 bits per heavy atom. The lowest BCUT2D eigenvalue weighted by Gasteiger charge is -2.28. The number of rotatable bonds is 4. The molecule has 20 heavy (non-hydrogen) atoms. The first-order valence-electron chi connectivity index (χ1n) is 7.09. The molecule has 0 radical (unpaired) electrons. The largest absolute Gasteiger partial charge is 0.396 e. The zero-order chi connectivity index (χ0) is 14.9. The predicted molar refractivity (Wildman–Crippen MR) is 73.0 cm³/mol. The Balaban J connectivity index is 2.16. The van der Waals surface area contributed by atoms with E-state index >= 15 is 0 Å². The third kappa shape index (κ3) is 2.70. The first-order valence-corrected chi connectivity index (χ1v) is 7.09. The van der Waals surface area contributed by atoms with E-state index in [-0.39, 0.29) is 29.8 Å². The lowest BCUT2D eigenvalue weighted by atomic mass is 9.88. The summed E-state index contributed by atoms with van der Waals surface area (Å²) >= 11 is 0. The van der Waals surface area contributed by atoms with Gasteiger partial charge in [-0.1, -0.05) is 25.9 Å². The fourth-order valence-corrected chi connectivity index (χ4v) is 2.54. The summed E-state index contributed by atoms with van der Waals surface area (Å²) in [6.07, 6.45) is 0.788. The van der Waals surface area contributed by atoms with Crippen molar-refractivity contribution in [2.24, 2.45) is 11.3 Å². The van der Waals surface area contributed by atoms with Crippen LogP contribution in [0.3, 0.4) is 0 Å². The number of aryl methyl sites for hydroxylation is 1. The monoisotopic (exact) mass is 281 g/mol. The van der Waals surface area contributed by atoms with Gasteiger partial charge in [-0.25, -0.2) is 0 Å². The number of likely N-dealkylation sites (tertiary alicyclic amines) is 1. The molecule has 6 nitrogen and oxygen atoms in total. The highest BCUT2D eigenvalue weighted by Crippen LogP contribution is 2.34. The second kappa shape index (κ2) is 5.52. The van der Waals surface area contributed by atoms with Crippen LogP contribution >= 0.6 is 0 Å². The van der Waals surface area contributed by atoms with Crippen molar-refractivity contribution >= 4 is 5.91 Å². The van der Waals surface area contributed by atoms with Crippen LogP contribution in [0.1, 0.15) is 44.8 Å². The maximum Gasteiger partial charge on any atom is 0.231 e. The van der Waals surface area contributed by atoms with E-state index < -0.39 is 0 Å². The summed E-state index contributed by atoms with van der Waals surface area (Å²) in [6, 6.07) is 0. The van der Waals surface area contributed by atoms with Gasteiger partial charge in [0.25, 0.3) is 0 Å². The summed E-state index contributed by atoms with van der Waals surface area (Å²) in [4.78, 5) is 18.6. The van der Waals surface area contributed by atoms with Gasteiger partial charge in [0.15, 0.2) is 5.82 Å². The van der Waals surface area contributed by atoms with E-state index in [4.69, 9.17) is 4.52 Å². The van der Waals surface area contributed by atoms with Gasteiger partial charge < -0.3 is 14.5 Å². The molecule has 1 aromatic heterocycles. The van der Waals surface area contributed by atoms with Gasteiger partial charge in [0.2, 0.25) is 11.8 Å². The van der Waals surface area contributed by atoms with Crippen molar-refractivity contribution < 1.29 is 14.4 Å². The highest BCUT2D eigenvalue weighted by molar-refractivity contribution is 5.82. The maximum atomic E-state index is 12.5. The van der Waals surface area contributed by atoms with E-state index in [1.165, 1.54) is 0 Å². The Morgan fingerprint density at radius 2 is 2.20 bits per heavy atom. The average molecular weight is 281 g/mol. The van der Waals surface area contributed by atoms with Crippen molar-refractivity contribution in [2.45, 2.75) is 40.0 Å². The van der Waals surface area contributed by atoms with Crippen molar-refractivity contribution in [2.75, 3.05) is 19.7 Å². The standard InChI is InChI=1S/C14H23N3O3/c1-5-14(3,4)13(19)17-6-10(8-18)11(7-17)12-15-9(2)16-20-12/h10-11,18H,5-8H2,1-4H3/t10-,11+/m0/s1. The number of nitrogens with zero attached hydrogens (tertiary/aromatic N) is 3. The van der Waals surface area contributed by atoms with Crippen LogP contribution in [0, 0.1) is 18.3 Å². The van der Waals surface area contributed by atoms with Crippen LogP contribution in [-0.4, -0.2) is 45.8 Å². The molecule has 112 valence electrons. The molecule has 1 amide bonds. The Hall–Kier alpha value is -1.43. The molecule has 1 aliphatic rings. The number of aliphatic hydroxyl groups is 1. The van der Waals surface area contributed by atoms with Gasteiger partial charge in [0.1, 0.15) is 0 Å². The molecular weight excluding hydrogens is 258 g/mol. The molecule has 0 bridgehead atoms. The third-order valence-corrected chi connectivity index (χ3v) is 4.29. The van der Waals surface area contributed by atoms with E-state index in [9.17, 15) is 9.90 Å². The van der Waals surface area contributed by atoms with Gasteiger partial charge in [-0.3, -0.25) is 4.79 Å². The molecule has 0 spiro atoms. The van der Waals surface area contributed by atoms with Gasteiger partial charge >= 0.3 is 0 Å². The van der Waals surface area contributed by atoms with Gasteiger partial charge in [-0.15, -0.1) is 0 Å². The lowest BCUT2D eigenvalue weighted by Crippen LogP contribution is -2.39. The Kier molecular flexibility index (Phi) is 4.13. The number of amides is 1. The van der Waals surface area contributed by atoms with Gasteiger partial charge in [-0.2, -0.15) is 4.98 Å². The Labute approximate surface area is 119 Å². The zero-order valence-electron chi connectivity index (χ0n) is 12.6. The van der Waals surface area contributed by atoms with Crippen LogP contribution in [0.4, 0.5) is 0 Å². The quantitative estimate of drug-likeness (QED) is 0.901. The minimum absolute atomic E-state index is 0.0163. The number of carbonyl (C=O) groups is 1. The molecule has 2 atom stereocenters. The predicted octanol–water partition coefficient (Wildman–Crippen LogP) is 1.35. The highest BCUT2D eigenvalue weighted by Gasteiger charge is 2.42. The van der Waals surface area contributed by atoms with Crippen LogP contribution < -0.4 is 0 Å². The first kappa shape index (κ1) is 15.0. The van der Waals surface area contributed by atoms with Crippen molar-refractivity contribution in [3.63, 3.8) is 0 Å². The van der Waals surface area contributed by atoms with Crippen molar-refractivity contribution in [3.8, 4) is 0 Å². The van der Waals surface area contributed by atoms with E-state index in [1.54, 1.807) is 6.92 Å². The number of hydrogen-bond donors (Lipinski definition) is 1. The fraction of sp³-hybridized carbons (Fsp3) is 0.786. The molecule has 0 saturated carbocycles. The van der Waals surface area contributed by atoms with Crippen molar-refractivity contribution in [1.29, 1.82) is 0 Å². The molecule has 0 aromatic carbocycles. The van der Waals surface area contributed by atoms with Gasteiger partial charge in [-0.05, 0) is 13.3 Å². The second-order valence-electron chi connectivity index (χ2n) is 6.18. The molecule has 1 fully saturated rings. The molecule has 1 N–H and O–H groups in total. The van der Waals surface area contributed by atoms with Gasteiger partial charge in [0.05, 0.1) is 5.92 Å². The Bertz CT molecular complexity index is 484. The minimum atomic E-state index is -0.375. The average Bonchev–Trinajstić information content (AvgIpc) is 3.03. The summed E-state index contributed by atoms with van der Waals surface area (Å²) in [5, 5.41) is 13.3. The molecule has 1 aliphatic heterocycles. The number of aromatic nitrogens is 2. The molecule has 1 saturated heterocycles. The second-order valence-corrected chi connectivity index (χ2v) is 6.18. The van der Waals surface area contributed by atoms with Crippen LogP contribution in [-0.2, 0) is 4.79 Å². The molecule has 1 aromatic rings. The van der Waals surface area contributed by atoms with E-state index in [2.05, 4.69) is 10.1 Å². The maximum absolute atomic E-state index is 12.5. The van der Waals surface area contributed by atoms with Crippen LogP contribution in [0.5, 0.6) is 0 Å². The van der Waals surface area contributed by atoms with Crippen LogP contribution in [0.2, 0.25) is 0 Å². The minimum Gasteiger partial charge on any atom is -0.396 e. The van der Waals surface area contributed by atoms with Gasteiger partial charge in [0, 0.05) is 31.0 Å². The van der Waals surface area contributed by atoms with E-state index in [1.807, 2.05) is 25.7 Å². The summed E-state index contributed by atoms with van der Waals surface area (Å²) in [7, 11) is 0. The molecule has 6 heteroatoms. The van der Waals surface area contributed by atoms with Crippen LogP contribution in [0.15, 0.2) is 4.52 Å². The van der Waals surface area contributed by atoms with Crippen LogP contribution in [0.25, 0.3) is 0 Å². The molecule has 0 aliphatic carbocycles. The molecular formula is C14H23N3O3. The molecule has 0 unspecified atom stereocenters. The van der Waals surface area contributed by atoms with Crippen molar-refractivity contribution in [1.82, 2.24) is 15.0 Å². The SMILES string of the molecule is CCC(C)(C)C(=O)N1C[C@@H](CO)[C@H](c2nc(C)no2)C1. The highest BCUT2D eigenvalue weighted by atomic mass is 16.5. The summed E-state index contributed by atoms with van der Waals surface area (Å²) < 4.78 is 5.21. The number of carbonyl (C=O) groups excluding carboxylic acids is 1. The lowest BCUT2D eigenvalue weighted by molar-refractivity contribution is -0.139. The topological polar surface area (TPSA) is 79.5 Å². The first-order chi connectivity index (χ1) is 9.39. The number of aliphatic hydroxyl groups excluding tert-OH is 1. The van der Waals surface area contributed by atoms with E-state index in [0.29, 0.717) is 24.8 Å². The fourth-order valence-electron chi connectivity index (χ4n) is 2.54. The molecule has 2 heterocycles. The smallest absolute Gasteiger partial charge is 0.231 e.